The van der Waals surface area contributed by atoms with Crippen LogP contribution < -0.4 is 10.3 Å². The van der Waals surface area contributed by atoms with Crippen LogP contribution in [-0.4, -0.2) is 40.3 Å². The second-order valence-electron chi connectivity index (χ2n) is 8.92. The fourth-order valence-electron chi connectivity index (χ4n) is 3.54. The number of ether oxygens (including phenoxy) is 1. The largest absolute Gasteiger partial charge is 0.483 e. The summed E-state index contributed by atoms with van der Waals surface area (Å²) in [7, 11) is 0. The number of hydrogen-bond acceptors (Lipinski definition) is 4. The van der Waals surface area contributed by atoms with Gasteiger partial charge < -0.3 is 9.64 Å². The summed E-state index contributed by atoms with van der Waals surface area (Å²) in [4.78, 5) is 26.7. The lowest BCUT2D eigenvalue weighted by Gasteiger charge is -2.32. The molecule has 6 nitrogen and oxygen atoms in total. The zero-order chi connectivity index (χ0) is 21.2. The van der Waals surface area contributed by atoms with Crippen LogP contribution in [0.15, 0.2) is 35.1 Å². The Hall–Kier alpha value is -2.63. The van der Waals surface area contributed by atoms with Gasteiger partial charge in [-0.2, -0.15) is 5.10 Å². The van der Waals surface area contributed by atoms with Crippen LogP contribution in [0.25, 0.3) is 0 Å². The van der Waals surface area contributed by atoms with E-state index in [4.69, 9.17) is 4.74 Å². The molecule has 2 aromatic rings. The molecular weight excluding hydrogens is 366 g/mol. The van der Waals surface area contributed by atoms with Gasteiger partial charge in [-0.25, -0.2) is 4.68 Å². The Labute approximate surface area is 172 Å². The number of carbonyl (C=O) groups is 1. The molecule has 0 saturated carbocycles. The second kappa shape index (κ2) is 8.39. The molecule has 1 fully saturated rings. The first kappa shape index (κ1) is 21.1. The Balaban J connectivity index is 1.60. The highest BCUT2D eigenvalue weighted by molar-refractivity contribution is 5.77. The third-order valence-corrected chi connectivity index (χ3v) is 5.45. The van der Waals surface area contributed by atoms with Gasteiger partial charge in [-0.05, 0) is 49.9 Å². The number of hydrogen-bond donors (Lipinski definition) is 0. The number of piperidine rings is 1. The molecule has 1 aromatic carbocycles. The molecule has 2 heterocycles. The van der Waals surface area contributed by atoms with E-state index in [1.807, 2.05) is 43.0 Å². The Morgan fingerprint density at radius 2 is 1.83 bits per heavy atom. The van der Waals surface area contributed by atoms with Crippen LogP contribution in [0.5, 0.6) is 5.75 Å². The van der Waals surface area contributed by atoms with E-state index in [9.17, 15) is 9.59 Å². The van der Waals surface area contributed by atoms with Crippen molar-refractivity contribution in [1.29, 1.82) is 0 Å². The van der Waals surface area contributed by atoms with Crippen LogP contribution in [0.1, 0.15) is 56.5 Å². The van der Waals surface area contributed by atoms with E-state index in [1.54, 1.807) is 10.7 Å². The van der Waals surface area contributed by atoms with Crippen molar-refractivity contribution in [1.82, 2.24) is 14.7 Å². The summed E-state index contributed by atoms with van der Waals surface area (Å²) in [6, 6.07) is 9.41. The number of rotatable bonds is 4. The lowest BCUT2D eigenvalue weighted by Crippen LogP contribution is -2.43. The van der Waals surface area contributed by atoms with Crippen LogP contribution in [0.4, 0.5) is 0 Å². The van der Waals surface area contributed by atoms with E-state index in [0.717, 1.165) is 35.4 Å². The molecule has 0 aliphatic carbocycles. The summed E-state index contributed by atoms with van der Waals surface area (Å²) in [5, 5.41) is 4.61. The molecule has 0 spiro atoms. The van der Waals surface area contributed by atoms with E-state index in [2.05, 4.69) is 25.9 Å². The van der Waals surface area contributed by atoms with Crippen molar-refractivity contribution in [3.8, 4) is 5.75 Å². The van der Waals surface area contributed by atoms with Crippen LogP contribution in [0.3, 0.4) is 0 Å². The maximum atomic E-state index is 12.6. The third kappa shape index (κ3) is 5.05. The second-order valence-corrected chi connectivity index (χ2v) is 8.92. The minimum absolute atomic E-state index is 0.0203. The summed E-state index contributed by atoms with van der Waals surface area (Å²) in [6.07, 6.45) is 1.44. The lowest BCUT2D eigenvalue weighted by atomic mass is 9.92. The van der Waals surface area contributed by atoms with Gasteiger partial charge in [-0.15, -0.1) is 0 Å². The van der Waals surface area contributed by atoms with Gasteiger partial charge in [0, 0.05) is 24.6 Å². The van der Waals surface area contributed by atoms with Crippen molar-refractivity contribution in [3.63, 3.8) is 0 Å². The topological polar surface area (TPSA) is 64.4 Å². The Morgan fingerprint density at radius 3 is 2.48 bits per heavy atom. The lowest BCUT2D eigenvalue weighted by molar-refractivity contribution is -0.134. The van der Waals surface area contributed by atoms with E-state index in [-0.39, 0.29) is 29.5 Å². The highest BCUT2D eigenvalue weighted by Crippen LogP contribution is 2.24. The Bertz CT molecular complexity index is 935. The predicted molar refractivity (Wildman–Crippen MR) is 113 cm³/mol. The summed E-state index contributed by atoms with van der Waals surface area (Å²) in [5.74, 6) is 0.732. The van der Waals surface area contributed by atoms with Crippen molar-refractivity contribution in [2.24, 2.45) is 0 Å². The summed E-state index contributed by atoms with van der Waals surface area (Å²) >= 11 is 0. The van der Waals surface area contributed by atoms with E-state index >= 15 is 0 Å². The van der Waals surface area contributed by atoms with Gasteiger partial charge in [0.25, 0.3) is 11.5 Å². The minimum atomic E-state index is -0.114. The number of carbonyl (C=O) groups excluding carboxylic acids is 1. The van der Waals surface area contributed by atoms with Crippen molar-refractivity contribution >= 4 is 5.91 Å². The summed E-state index contributed by atoms with van der Waals surface area (Å²) in [5.41, 5.74) is 2.83. The SMILES string of the molecule is Cc1ccc(C)c(OCC(=O)N2CCC(n3nc(C(C)(C)C)ccc3=O)CC2)c1. The third-order valence-electron chi connectivity index (χ3n) is 5.45. The van der Waals surface area contributed by atoms with Crippen LogP contribution in [-0.2, 0) is 10.2 Å². The predicted octanol–water partition coefficient (Wildman–Crippen LogP) is 3.40. The number of amides is 1. The molecule has 0 unspecified atom stereocenters. The summed E-state index contributed by atoms with van der Waals surface area (Å²) < 4.78 is 7.36. The number of likely N-dealkylation sites (tertiary alicyclic amines) is 1. The monoisotopic (exact) mass is 397 g/mol. The van der Waals surface area contributed by atoms with Crippen molar-refractivity contribution in [2.75, 3.05) is 19.7 Å². The summed E-state index contributed by atoms with van der Waals surface area (Å²) in [6.45, 7) is 11.5. The van der Waals surface area contributed by atoms with Crippen LogP contribution in [0, 0.1) is 13.8 Å². The normalized spacial score (nSPS) is 15.4. The molecule has 0 radical (unpaired) electrons. The zero-order valence-corrected chi connectivity index (χ0v) is 18.1. The quantitative estimate of drug-likeness (QED) is 0.793. The molecule has 0 atom stereocenters. The molecular formula is C23H31N3O3. The standard InChI is InChI=1S/C23H31N3O3/c1-16-6-7-17(2)19(14-16)29-15-22(28)25-12-10-18(11-13-25)26-21(27)9-8-20(24-26)23(3,4)5/h6-9,14,18H,10-13,15H2,1-5H3. The van der Waals surface area contributed by atoms with Crippen molar-refractivity contribution in [2.45, 2.75) is 58.9 Å². The molecule has 156 valence electrons. The van der Waals surface area contributed by atoms with Crippen LogP contribution >= 0.6 is 0 Å². The molecule has 1 aliphatic heterocycles. The average Bonchev–Trinajstić information content (AvgIpc) is 2.68. The van der Waals surface area contributed by atoms with E-state index < -0.39 is 0 Å². The first-order valence-corrected chi connectivity index (χ1v) is 10.2. The highest BCUT2D eigenvalue weighted by atomic mass is 16.5. The highest BCUT2D eigenvalue weighted by Gasteiger charge is 2.26. The molecule has 1 amide bonds. The first-order valence-electron chi connectivity index (χ1n) is 10.2. The molecule has 3 rings (SSSR count). The molecule has 0 bridgehead atoms. The Morgan fingerprint density at radius 1 is 1.14 bits per heavy atom. The van der Waals surface area contributed by atoms with Crippen LogP contribution in [0.2, 0.25) is 0 Å². The van der Waals surface area contributed by atoms with E-state index in [1.165, 1.54) is 0 Å². The van der Waals surface area contributed by atoms with Gasteiger partial charge >= 0.3 is 0 Å². The number of aryl methyl sites for hydroxylation is 2. The molecule has 1 aromatic heterocycles. The van der Waals surface area contributed by atoms with E-state index in [0.29, 0.717) is 13.1 Å². The minimum Gasteiger partial charge on any atom is -0.483 e. The first-order chi connectivity index (χ1) is 13.6. The number of nitrogens with zero attached hydrogens (tertiary/aromatic N) is 3. The molecule has 29 heavy (non-hydrogen) atoms. The maximum absolute atomic E-state index is 12.6. The molecule has 1 saturated heterocycles. The smallest absolute Gasteiger partial charge is 0.267 e. The Kier molecular flexibility index (Phi) is 6.10. The van der Waals surface area contributed by atoms with Gasteiger partial charge in [-0.1, -0.05) is 32.9 Å². The van der Waals surface area contributed by atoms with Gasteiger partial charge in [-0.3, -0.25) is 9.59 Å². The van der Waals surface area contributed by atoms with Crippen molar-refractivity contribution in [3.05, 3.63) is 57.5 Å². The van der Waals surface area contributed by atoms with Crippen molar-refractivity contribution < 1.29 is 9.53 Å². The zero-order valence-electron chi connectivity index (χ0n) is 18.1. The molecule has 6 heteroatoms. The fourth-order valence-corrected chi connectivity index (χ4v) is 3.54. The molecule has 0 N–H and O–H groups in total. The van der Waals surface area contributed by atoms with Gasteiger partial charge in [0.2, 0.25) is 0 Å². The molecule has 1 aliphatic rings. The van der Waals surface area contributed by atoms with Gasteiger partial charge in [0.05, 0.1) is 11.7 Å². The van der Waals surface area contributed by atoms with Gasteiger partial charge in [0.15, 0.2) is 6.61 Å². The van der Waals surface area contributed by atoms with Gasteiger partial charge in [0.1, 0.15) is 5.75 Å². The maximum Gasteiger partial charge on any atom is 0.267 e. The number of aromatic nitrogens is 2. The average molecular weight is 398 g/mol. The number of benzene rings is 1. The fraction of sp³-hybridized carbons (Fsp3) is 0.522.